The topological polar surface area (TPSA) is 0 Å². The smallest absolute Gasteiger partial charge is 0.0556 e. The monoisotopic (exact) mass is 354 g/mol. The highest BCUT2D eigenvalue weighted by Crippen LogP contribution is 2.41. The van der Waals surface area contributed by atoms with E-state index in [0.717, 1.165) is 24.7 Å². The number of allylic oxidation sites excluding steroid dienone is 4. The zero-order valence-electron chi connectivity index (χ0n) is 17.6. The first-order valence-electron chi connectivity index (χ1n) is 10.4. The van der Waals surface area contributed by atoms with Crippen LogP contribution in [0.15, 0.2) is 40.5 Å². The highest BCUT2D eigenvalue weighted by molar-refractivity contribution is 6.53. The molecule has 0 spiro atoms. The van der Waals surface area contributed by atoms with Gasteiger partial charge in [0.15, 0.2) is 0 Å². The van der Waals surface area contributed by atoms with Crippen LogP contribution in [-0.2, 0) is 12.8 Å². The van der Waals surface area contributed by atoms with Crippen molar-refractivity contribution < 1.29 is 0 Å². The first-order chi connectivity index (χ1) is 11.9. The Morgan fingerprint density at radius 1 is 0.920 bits per heavy atom. The molecule has 1 aliphatic rings. The van der Waals surface area contributed by atoms with Crippen molar-refractivity contribution in [1.29, 1.82) is 0 Å². The summed E-state index contributed by atoms with van der Waals surface area (Å²) in [4.78, 5) is 0. The minimum atomic E-state index is -0.216. The fourth-order valence-electron chi connectivity index (χ4n) is 4.22. The molecule has 0 saturated heterocycles. The standard InChI is InChI=1S/C24H38Si/c1-8-20-12-21(9-2)14-22(13-20)25-15-24-19(7)17(5)18(6)23(24)11-10-16(3)4/h12-14,16,24H,8-11,15,25H2,1-7H3. The number of hydrogen-bond acceptors (Lipinski definition) is 0. The summed E-state index contributed by atoms with van der Waals surface area (Å²) in [6.07, 6.45) is 4.95. The second-order valence-electron chi connectivity index (χ2n) is 8.35. The molecule has 2 rings (SSSR count). The molecule has 25 heavy (non-hydrogen) atoms. The summed E-state index contributed by atoms with van der Waals surface area (Å²) in [6, 6.07) is 8.80. The predicted molar refractivity (Wildman–Crippen MR) is 117 cm³/mol. The Balaban J connectivity index is 2.15. The normalized spacial score (nSPS) is 18.5. The molecule has 0 aromatic heterocycles. The summed E-state index contributed by atoms with van der Waals surface area (Å²) >= 11 is 0. The third-order valence-corrected chi connectivity index (χ3v) is 8.07. The van der Waals surface area contributed by atoms with Crippen LogP contribution in [-0.4, -0.2) is 9.52 Å². The van der Waals surface area contributed by atoms with Gasteiger partial charge in [0, 0.05) is 0 Å². The maximum Gasteiger partial charge on any atom is 0.0556 e. The molecule has 0 heterocycles. The molecule has 1 aromatic rings. The highest BCUT2D eigenvalue weighted by atomic mass is 28.2. The van der Waals surface area contributed by atoms with Gasteiger partial charge in [-0.3, -0.25) is 0 Å². The summed E-state index contributed by atoms with van der Waals surface area (Å²) < 4.78 is 0. The van der Waals surface area contributed by atoms with E-state index in [2.05, 4.69) is 66.7 Å². The quantitative estimate of drug-likeness (QED) is 0.522. The molecule has 0 saturated carbocycles. The molecule has 0 N–H and O–H groups in total. The van der Waals surface area contributed by atoms with Crippen LogP contribution >= 0.6 is 0 Å². The molecule has 0 amide bonds. The molecule has 1 heteroatoms. The van der Waals surface area contributed by atoms with Gasteiger partial charge in [-0.1, -0.05) is 62.2 Å². The van der Waals surface area contributed by atoms with Crippen LogP contribution < -0.4 is 5.19 Å². The maximum absolute atomic E-state index is 2.50. The van der Waals surface area contributed by atoms with Gasteiger partial charge in [0.1, 0.15) is 0 Å². The zero-order valence-corrected chi connectivity index (χ0v) is 19.0. The van der Waals surface area contributed by atoms with Crippen molar-refractivity contribution in [3.05, 3.63) is 51.6 Å². The molecule has 0 nitrogen and oxygen atoms in total. The molecule has 0 radical (unpaired) electrons. The van der Waals surface area contributed by atoms with Gasteiger partial charge in [-0.2, -0.15) is 0 Å². The SMILES string of the molecule is CCc1cc(CC)cc([SiH2]CC2C(C)=C(C)C(C)=C2CCC(C)C)c1. The second-order valence-corrected chi connectivity index (χ2v) is 10.2. The molecular weight excluding hydrogens is 316 g/mol. The van der Waals surface area contributed by atoms with Crippen molar-refractivity contribution in [1.82, 2.24) is 0 Å². The van der Waals surface area contributed by atoms with Crippen molar-refractivity contribution in [3.8, 4) is 0 Å². The average molecular weight is 355 g/mol. The minimum Gasteiger partial charge on any atom is -0.0663 e. The van der Waals surface area contributed by atoms with Crippen molar-refractivity contribution in [3.63, 3.8) is 0 Å². The summed E-state index contributed by atoms with van der Waals surface area (Å²) in [5.41, 5.74) is 9.67. The lowest BCUT2D eigenvalue weighted by Crippen LogP contribution is -2.19. The molecule has 1 aromatic carbocycles. The largest absolute Gasteiger partial charge is 0.0663 e. The third-order valence-electron chi connectivity index (χ3n) is 6.22. The van der Waals surface area contributed by atoms with E-state index in [1.54, 1.807) is 27.5 Å². The fraction of sp³-hybridized carbons (Fsp3) is 0.583. The predicted octanol–water partition coefficient (Wildman–Crippen LogP) is 5.74. The summed E-state index contributed by atoms with van der Waals surface area (Å²) in [5.74, 6) is 1.54. The summed E-state index contributed by atoms with van der Waals surface area (Å²) in [5, 5.41) is 1.68. The number of hydrogen-bond donors (Lipinski definition) is 0. The summed E-state index contributed by atoms with van der Waals surface area (Å²) in [7, 11) is -0.216. The summed E-state index contributed by atoms with van der Waals surface area (Å²) in [6.45, 7) is 16.4. The van der Waals surface area contributed by atoms with Crippen LogP contribution in [0.25, 0.3) is 0 Å². The number of rotatable bonds is 8. The Kier molecular flexibility index (Phi) is 7.31. The van der Waals surface area contributed by atoms with Crippen molar-refractivity contribution >= 4 is 14.7 Å². The molecule has 1 unspecified atom stereocenters. The Morgan fingerprint density at radius 3 is 2.04 bits per heavy atom. The molecular formula is C24H38Si. The van der Waals surface area contributed by atoms with E-state index in [-0.39, 0.29) is 9.52 Å². The van der Waals surface area contributed by atoms with Crippen LogP contribution in [0.5, 0.6) is 0 Å². The minimum absolute atomic E-state index is 0.216. The lowest BCUT2D eigenvalue weighted by molar-refractivity contribution is 0.565. The molecule has 1 aliphatic carbocycles. The van der Waals surface area contributed by atoms with E-state index in [0.29, 0.717) is 0 Å². The highest BCUT2D eigenvalue weighted by Gasteiger charge is 2.26. The molecule has 138 valence electrons. The lowest BCUT2D eigenvalue weighted by Gasteiger charge is -2.19. The zero-order chi connectivity index (χ0) is 18.6. The van der Waals surface area contributed by atoms with E-state index in [4.69, 9.17) is 0 Å². The Hall–Kier alpha value is -1.08. The molecule has 0 aliphatic heterocycles. The lowest BCUT2D eigenvalue weighted by atomic mass is 9.91. The van der Waals surface area contributed by atoms with Crippen LogP contribution in [0, 0.1) is 11.8 Å². The Bertz CT molecular complexity index is 638. The van der Waals surface area contributed by atoms with Gasteiger partial charge in [-0.25, -0.2) is 0 Å². The average Bonchev–Trinajstić information content (AvgIpc) is 2.81. The first kappa shape index (κ1) is 20.2. The first-order valence-corrected chi connectivity index (χ1v) is 12.1. The number of aryl methyl sites for hydroxylation is 2. The molecule has 0 bridgehead atoms. The van der Waals surface area contributed by atoms with Crippen LogP contribution in [0.2, 0.25) is 6.04 Å². The Morgan fingerprint density at radius 2 is 1.52 bits per heavy atom. The maximum atomic E-state index is 2.50. The van der Waals surface area contributed by atoms with Gasteiger partial charge in [0.2, 0.25) is 0 Å². The van der Waals surface area contributed by atoms with Gasteiger partial charge >= 0.3 is 0 Å². The van der Waals surface area contributed by atoms with Crippen molar-refractivity contribution in [2.45, 2.75) is 80.2 Å². The van der Waals surface area contributed by atoms with Gasteiger partial charge < -0.3 is 0 Å². The van der Waals surface area contributed by atoms with Crippen LogP contribution in [0.3, 0.4) is 0 Å². The van der Waals surface area contributed by atoms with Crippen molar-refractivity contribution in [2.75, 3.05) is 0 Å². The van der Waals surface area contributed by atoms with Crippen LogP contribution in [0.4, 0.5) is 0 Å². The van der Waals surface area contributed by atoms with E-state index in [9.17, 15) is 0 Å². The Labute approximate surface area is 158 Å². The number of benzene rings is 1. The van der Waals surface area contributed by atoms with E-state index >= 15 is 0 Å². The molecule has 0 fully saturated rings. The fourth-order valence-corrected chi connectivity index (χ4v) is 6.44. The van der Waals surface area contributed by atoms with Gasteiger partial charge in [0.05, 0.1) is 9.52 Å². The third kappa shape index (κ3) is 4.97. The van der Waals surface area contributed by atoms with Gasteiger partial charge in [-0.05, 0) is 86.6 Å². The van der Waals surface area contributed by atoms with E-state index < -0.39 is 0 Å². The molecule has 1 atom stereocenters. The van der Waals surface area contributed by atoms with E-state index in [1.165, 1.54) is 30.0 Å². The van der Waals surface area contributed by atoms with E-state index in [1.807, 2.05) is 0 Å². The van der Waals surface area contributed by atoms with Crippen LogP contribution in [0.1, 0.15) is 72.4 Å². The van der Waals surface area contributed by atoms with Gasteiger partial charge in [-0.15, -0.1) is 0 Å². The van der Waals surface area contributed by atoms with Crippen molar-refractivity contribution in [2.24, 2.45) is 11.8 Å². The second kappa shape index (κ2) is 9.03. The van der Waals surface area contributed by atoms with Gasteiger partial charge in [0.25, 0.3) is 0 Å².